The molecule has 0 heterocycles. The molecular formula is C23H23F2NO2. The van der Waals surface area contributed by atoms with Crippen LogP contribution in [0.5, 0.6) is 5.75 Å². The Kier molecular flexibility index (Phi) is 7.81. The van der Waals surface area contributed by atoms with Gasteiger partial charge in [-0.2, -0.15) is 8.78 Å². The third-order valence-electron chi connectivity index (χ3n) is 3.80. The average molecular weight is 383 g/mol. The lowest BCUT2D eigenvalue weighted by atomic mass is 10.1. The van der Waals surface area contributed by atoms with E-state index in [2.05, 4.69) is 9.73 Å². The van der Waals surface area contributed by atoms with Crippen LogP contribution >= 0.6 is 0 Å². The number of rotatable bonds is 9. The van der Waals surface area contributed by atoms with Crippen LogP contribution in [0.15, 0.2) is 77.8 Å². The molecule has 0 spiro atoms. The lowest BCUT2D eigenvalue weighted by Gasteiger charge is -2.12. The van der Waals surface area contributed by atoms with E-state index in [1.807, 2.05) is 54.6 Å². The molecule has 0 radical (unpaired) electrons. The number of allylic oxidation sites excluding steroid dienone is 3. The summed E-state index contributed by atoms with van der Waals surface area (Å²) in [6, 6.07) is 15.6. The second-order valence-electron chi connectivity index (χ2n) is 6.19. The molecule has 2 aromatic carbocycles. The minimum absolute atomic E-state index is 0.0259. The molecule has 0 aliphatic carbocycles. The molecule has 146 valence electrons. The summed E-state index contributed by atoms with van der Waals surface area (Å²) in [5.41, 5.74) is 2.35. The van der Waals surface area contributed by atoms with E-state index in [-0.39, 0.29) is 11.5 Å². The molecule has 2 rings (SSSR count). The number of aliphatic imine (C=N–C) groups is 1. The van der Waals surface area contributed by atoms with Gasteiger partial charge in [-0.25, -0.2) is 0 Å². The van der Waals surface area contributed by atoms with E-state index in [0.29, 0.717) is 25.3 Å². The number of halogens is 2. The van der Waals surface area contributed by atoms with Crippen molar-refractivity contribution in [3.8, 4) is 5.75 Å². The monoisotopic (exact) mass is 383 g/mol. The van der Waals surface area contributed by atoms with Crippen molar-refractivity contribution >= 4 is 17.6 Å². The number of ketones is 1. The van der Waals surface area contributed by atoms with Gasteiger partial charge >= 0.3 is 6.11 Å². The maximum atomic E-state index is 12.8. The molecule has 0 amide bonds. The van der Waals surface area contributed by atoms with Gasteiger partial charge < -0.3 is 4.74 Å². The van der Waals surface area contributed by atoms with Gasteiger partial charge in [-0.15, -0.1) is 0 Å². The highest BCUT2D eigenvalue weighted by atomic mass is 19.3. The molecule has 0 bridgehead atoms. The quantitative estimate of drug-likeness (QED) is 0.395. The summed E-state index contributed by atoms with van der Waals surface area (Å²) >= 11 is 0. The van der Waals surface area contributed by atoms with Crippen molar-refractivity contribution in [3.63, 3.8) is 0 Å². The Labute approximate surface area is 164 Å². The van der Waals surface area contributed by atoms with Crippen LogP contribution < -0.4 is 4.74 Å². The zero-order chi connectivity index (χ0) is 20.4. The predicted molar refractivity (Wildman–Crippen MR) is 109 cm³/mol. The summed E-state index contributed by atoms with van der Waals surface area (Å²) < 4.78 is 30.1. The Hall–Kier alpha value is -3.08. The molecule has 28 heavy (non-hydrogen) atoms. The summed E-state index contributed by atoms with van der Waals surface area (Å²) in [7, 11) is 1.71. The fraction of sp³-hybridized carbons (Fsp3) is 0.217. The number of carbonyl (C=O) groups is 1. The molecule has 3 nitrogen and oxygen atoms in total. The largest absolute Gasteiger partial charge is 0.433 e. The number of ether oxygens (including phenoxy) is 1. The molecule has 0 aliphatic heterocycles. The number of hydrogen-bond acceptors (Lipinski definition) is 3. The molecule has 0 saturated carbocycles. The third kappa shape index (κ3) is 7.66. The Bertz CT molecular complexity index is 848. The molecule has 0 atom stereocenters. The second kappa shape index (κ2) is 10.3. The molecule has 2 aromatic rings. The van der Waals surface area contributed by atoms with Gasteiger partial charge in [0.1, 0.15) is 5.75 Å². The maximum absolute atomic E-state index is 12.8. The van der Waals surface area contributed by atoms with Crippen molar-refractivity contribution < 1.29 is 18.3 Å². The van der Waals surface area contributed by atoms with Crippen molar-refractivity contribution in [2.45, 2.75) is 25.9 Å². The maximum Gasteiger partial charge on any atom is 0.394 e. The number of nitrogens with zero attached hydrogens (tertiary/aromatic N) is 1. The number of carbonyl (C=O) groups excluding carboxylic acids is 1. The first-order valence-corrected chi connectivity index (χ1v) is 8.94. The fourth-order valence-corrected chi connectivity index (χ4v) is 2.43. The summed E-state index contributed by atoms with van der Waals surface area (Å²) in [4.78, 5) is 16.4. The van der Waals surface area contributed by atoms with Crippen molar-refractivity contribution in [2.75, 3.05) is 7.05 Å². The predicted octanol–water partition coefficient (Wildman–Crippen LogP) is 5.98. The Morgan fingerprint density at radius 1 is 1.07 bits per heavy atom. The van der Waals surface area contributed by atoms with Crippen molar-refractivity contribution in [2.24, 2.45) is 4.99 Å². The zero-order valence-electron chi connectivity index (χ0n) is 15.9. The second-order valence-corrected chi connectivity index (χ2v) is 6.19. The first-order chi connectivity index (χ1) is 13.4. The molecular weight excluding hydrogens is 360 g/mol. The van der Waals surface area contributed by atoms with E-state index in [0.717, 1.165) is 11.3 Å². The van der Waals surface area contributed by atoms with Gasteiger partial charge in [-0.3, -0.25) is 9.79 Å². The average Bonchev–Trinajstić information content (AvgIpc) is 2.67. The van der Waals surface area contributed by atoms with Crippen LogP contribution in [0, 0.1) is 0 Å². The Balaban J connectivity index is 1.84. The van der Waals surface area contributed by atoms with Crippen LogP contribution in [0.4, 0.5) is 8.78 Å². The standard InChI is InChI=1S/C23H23F2NO2/c1-23(24,25)28-21-16-13-19(14-17-21)22(27)11-7-6-10-20(26-2)15-12-18-8-4-3-5-9-18/h3-6,8-10,12-17H,7,11H2,1-2H3/b10-6-,15-12+,26-20?. The van der Waals surface area contributed by atoms with E-state index < -0.39 is 6.11 Å². The highest BCUT2D eigenvalue weighted by molar-refractivity contribution is 6.06. The van der Waals surface area contributed by atoms with Gasteiger partial charge in [0.05, 0.1) is 5.71 Å². The highest BCUT2D eigenvalue weighted by Gasteiger charge is 2.23. The highest BCUT2D eigenvalue weighted by Crippen LogP contribution is 2.21. The first kappa shape index (κ1) is 21.2. The van der Waals surface area contributed by atoms with Gasteiger partial charge in [0.15, 0.2) is 5.78 Å². The fourth-order valence-electron chi connectivity index (χ4n) is 2.43. The van der Waals surface area contributed by atoms with Crippen molar-refractivity contribution in [1.29, 1.82) is 0 Å². The Morgan fingerprint density at radius 3 is 2.36 bits per heavy atom. The summed E-state index contributed by atoms with van der Waals surface area (Å²) in [6.07, 6.45) is 5.28. The van der Waals surface area contributed by atoms with Crippen LogP contribution in [0.1, 0.15) is 35.7 Å². The number of alkyl halides is 2. The normalized spacial score (nSPS) is 12.6. The minimum atomic E-state index is -3.25. The van der Waals surface area contributed by atoms with Crippen molar-refractivity contribution in [3.05, 3.63) is 84.0 Å². The van der Waals surface area contributed by atoms with Crippen LogP contribution in [-0.2, 0) is 0 Å². The minimum Gasteiger partial charge on any atom is -0.433 e. The summed E-state index contributed by atoms with van der Waals surface area (Å²) in [5, 5.41) is 0. The third-order valence-corrected chi connectivity index (χ3v) is 3.80. The number of hydrogen-bond donors (Lipinski definition) is 0. The number of Topliss-reactive ketones (excluding diaryl/α,β-unsaturated/α-hetero) is 1. The van der Waals surface area contributed by atoms with E-state index in [1.54, 1.807) is 7.05 Å². The topological polar surface area (TPSA) is 38.7 Å². The molecule has 0 fully saturated rings. The molecule has 0 unspecified atom stereocenters. The van der Waals surface area contributed by atoms with E-state index in [9.17, 15) is 13.6 Å². The van der Waals surface area contributed by atoms with Crippen LogP contribution in [0.25, 0.3) is 6.08 Å². The lowest BCUT2D eigenvalue weighted by Crippen LogP contribution is -2.19. The molecule has 0 aliphatic rings. The number of benzene rings is 2. The van der Waals surface area contributed by atoms with Gasteiger partial charge in [0.2, 0.25) is 0 Å². The molecule has 5 heteroatoms. The summed E-state index contributed by atoms with van der Waals surface area (Å²) in [5.74, 6) is -0.0350. The van der Waals surface area contributed by atoms with E-state index in [1.165, 1.54) is 24.3 Å². The van der Waals surface area contributed by atoms with Crippen LogP contribution in [-0.4, -0.2) is 24.7 Å². The Morgan fingerprint density at radius 2 is 1.75 bits per heavy atom. The van der Waals surface area contributed by atoms with Gasteiger partial charge in [-0.1, -0.05) is 42.5 Å². The SMILES string of the molecule is CN=C(/C=C\CCC(=O)c1ccc(OC(C)(F)F)cc1)/C=C/c1ccccc1. The van der Waals surface area contributed by atoms with Gasteiger partial charge in [0, 0.05) is 26.0 Å². The van der Waals surface area contributed by atoms with Gasteiger partial charge in [-0.05, 0) is 48.4 Å². The lowest BCUT2D eigenvalue weighted by molar-refractivity contribution is -0.158. The smallest absolute Gasteiger partial charge is 0.394 e. The zero-order valence-corrected chi connectivity index (χ0v) is 15.9. The molecule has 0 N–H and O–H groups in total. The first-order valence-electron chi connectivity index (χ1n) is 8.94. The van der Waals surface area contributed by atoms with Crippen molar-refractivity contribution in [1.82, 2.24) is 0 Å². The molecule has 0 saturated heterocycles. The summed E-state index contributed by atoms with van der Waals surface area (Å²) in [6.45, 7) is 0.668. The van der Waals surface area contributed by atoms with Crippen LogP contribution in [0.2, 0.25) is 0 Å². The van der Waals surface area contributed by atoms with E-state index >= 15 is 0 Å². The van der Waals surface area contributed by atoms with E-state index in [4.69, 9.17) is 0 Å². The van der Waals surface area contributed by atoms with Crippen LogP contribution in [0.3, 0.4) is 0 Å². The van der Waals surface area contributed by atoms with Gasteiger partial charge in [0.25, 0.3) is 0 Å². The molecule has 0 aromatic heterocycles.